The average Bonchev–Trinajstić information content (AvgIpc) is 2.28. The van der Waals surface area contributed by atoms with Crippen molar-refractivity contribution in [1.29, 1.82) is 0 Å². The first-order chi connectivity index (χ1) is 9.11. The van der Waals surface area contributed by atoms with Gasteiger partial charge in [0.2, 0.25) is 5.91 Å². The molecule has 110 valence electrons. The van der Waals surface area contributed by atoms with Crippen LogP contribution in [0.1, 0.15) is 12.5 Å². The third-order valence-electron chi connectivity index (χ3n) is 2.37. The highest BCUT2D eigenvalue weighted by Gasteiger charge is 2.31. The van der Waals surface area contributed by atoms with Gasteiger partial charge in [0, 0.05) is 19.2 Å². The molecule has 0 aliphatic carbocycles. The number of nitrogens with one attached hydrogen (secondary N) is 1. The fourth-order valence-electron chi connectivity index (χ4n) is 1.47. The van der Waals surface area contributed by atoms with Gasteiger partial charge in [-0.25, -0.2) is 4.79 Å². The number of hydrogen-bond donors (Lipinski definition) is 2. The lowest BCUT2D eigenvalue weighted by Gasteiger charge is -2.16. The number of nitrogens with zero attached hydrogens (tertiary/aromatic N) is 1. The van der Waals surface area contributed by atoms with E-state index in [2.05, 4.69) is 0 Å². The number of pyridine rings is 1. The summed E-state index contributed by atoms with van der Waals surface area (Å²) in [6, 6.07) is -0.198. The molecule has 0 fully saturated rings. The Morgan fingerprint density at radius 1 is 1.40 bits per heavy atom. The molecule has 0 aromatic carbocycles. The Bertz CT molecular complexity index is 580. The van der Waals surface area contributed by atoms with Gasteiger partial charge in [-0.15, -0.1) is 0 Å². The first-order valence-electron chi connectivity index (χ1n) is 5.39. The van der Waals surface area contributed by atoms with Crippen LogP contribution in [0.4, 0.5) is 13.2 Å². The molecule has 1 rings (SSSR count). The van der Waals surface area contributed by atoms with Crippen molar-refractivity contribution in [2.45, 2.75) is 25.7 Å². The van der Waals surface area contributed by atoms with Gasteiger partial charge in [-0.05, 0) is 6.07 Å². The number of rotatable bonds is 4. The van der Waals surface area contributed by atoms with Gasteiger partial charge in [0.05, 0.1) is 12.1 Å². The van der Waals surface area contributed by atoms with Crippen molar-refractivity contribution in [3.8, 4) is 0 Å². The summed E-state index contributed by atoms with van der Waals surface area (Å²) in [6.45, 7) is 0.461. The molecule has 1 unspecified atom stereocenters. The zero-order valence-corrected chi connectivity index (χ0v) is 10.3. The van der Waals surface area contributed by atoms with E-state index < -0.39 is 41.8 Å². The summed E-state index contributed by atoms with van der Waals surface area (Å²) in [5.74, 6) is -2.12. The van der Waals surface area contributed by atoms with Gasteiger partial charge in [-0.1, -0.05) is 0 Å². The van der Waals surface area contributed by atoms with Gasteiger partial charge in [0.15, 0.2) is 0 Å². The lowest BCUT2D eigenvalue weighted by atomic mass is 10.2. The van der Waals surface area contributed by atoms with Crippen molar-refractivity contribution < 1.29 is 27.9 Å². The number of carboxylic acids is 1. The molecular formula is C11H11F3N2O4. The smallest absolute Gasteiger partial charge is 0.417 e. The van der Waals surface area contributed by atoms with Crippen molar-refractivity contribution in [3.05, 3.63) is 34.2 Å². The van der Waals surface area contributed by atoms with Crippen LogP contribution in [0.15, 0.2) is 23.1 Å². The van der Waals surface area contributed by atoms with Crippen molar-refractivity contribution in [3.63, 3.8) is 0 Å². The van der Waals surface area contributed by atoms with E-state index >= 15 is 0 Å². The van der Waals surface area contributed by atoms with Crippen molar-refractivity contribution in [2.75, 3.05) is 0 Å². The molecule has 0 bridgehead atoms. The third kappa shape index (κ3) is 4.11. The molecule has 6 nitrogen and oxygen atoms in total. The fraction of sp³-hybridized carbons (Fsp3) is 0.364. The Morgan fingerprint density at radius 2 is 2.00 bits per heavy atom. The standard InChI is InChI=1S/C11H11F3N2O4/c1-6(17)15-8(10(19)20)5-16-4-7(11(12,13)14)2-3-9(16)18/h2-4,8H,5H2,1H3,(H,15,17)(H,19,20). The molecule has 1 atom stereocenters. The molecule has 1 heterocycles. The minimum Gasteiger partial charge on any atom is -0.480 e. The average molecular weight is 292 g/mol. The fourth-order valence-corrected chi connectivity index (χ4v) is 1.47. The summed E-state index contributed by atoms with van der Waals surface area (Å²) in [5.41, 5.74) is -1.88. The Labute approximate surface area is 110 Å². The van der Waals surface area contributed by atoms with E-state index in [-0.39, 0.29) is 0 Å². The zero-order valence-electron chi connectivity index (χ0n) is 10.3. The normalized spacial score (nSPS) is 12.8. The molecule has 20 heavy (non-hydrogen) atoms. The Balaban J connectivity index is 3.09. The SMILES string of the molecule is CC(=O)NC(Cn1cc(C(F)(F)F)ccc1=O)C(=O)O. The molecule has 0 radical (unpaired) electrons. The van der Waals surface area contributed by atoms with Crippen LogP contribution in [0, 0.1) is 0 Å². The lowest BCUT2D eigenvalue weighted by molar-refractivity contribution is -0.142. The number of carbonyl (C=O) groups is 2. The van der Waals surface area contributed by atoms with Crippen LogP contribution >= 0.6 is 0 Å². The van der Waals surface area contributed by atoms with E-state index in [1.54, 1.807) is 0 Å². The number of carbonyl (C=O) groups excluding carboxylic acids is 1. The molecule has 0 spiro atoms. The predicted octanol–water partition coefficient (Wildman–Crippen LogP) is 0.456. The molecular weight excluding hydrogens is 281 g/mol. The number of aliphatic carboxylic acids is 1. The number of alkyl halides is 3. The highest BCUT2D eigenvalue weighted by Crippen LogP contribution is 2.27. The van der Waals surface area contributed by atoms with E-state index in [1.165, 1.54) is 0 Å². The number of aromatic nitrogens is 1. The van der Waals surface area contributed by atoms with Crippen LogP contribution < -0.4 is 10.9 Å². The predicted molar refractivity (Wildman–Crippen MR) is 60.9 cm³/mol. The molecule has 0 saturated heterocycles. The van der Waals surface area contributed by atoms with Gasteiger partial charge >= 0.3 is 12.1 Å². The van der Waals surface area contributed by atoms with Crippen molar-refractivity contribution in [2.24, 2.45) is 0 Å². The maximum atomic E-state index is 12.5. The summed E-state index contributed by atoms with van der Waals surface area (Å²) in [6.07, 6.45) is -4.14. The number of carboxylic acid groups (broad SMARTS) is 1. The molecule has 2 N–H and O–H groups in total. The van der Waals surface area contributed by atoms with E-state index in [0.717, 1.165) is 6.92 Å². The highest BCUT2D eigenvalue weighted by atomic mass is 19.4. The Morgan fingerprint density at radius 3 is 2.45 bits per heavy atom. The minimum absolute atomic E-state index is 0.514. The summed E-state index contributed by atoms with van der Waals surface area (Å²) in [4.78, 5) is 33.1. The quantitative estimate of drug-likeness (QED) is 0.843. The lowest BCUT2D eigenvalue weighted by Crippen LogP contribution is -2.44. The van der Waals surface area contributed by atoms with Gasteiger partial charge in [-0.3, -0.25) is 9.59 Å². The topological polar surface area (TPSA) is 88.4 Å². The summed E-state index contributed by atoms with van der Waals surface area (Å²) in [5, 5.41) is 10.9. The first kappa shape index (κ1) is 15.7. The second-order valence-corrected chi connectivity index (χ2v) is 4.00. The van der Waals surface area contributed by atoms with Gasteiger partial charge < -0.3 is 15.0 Å². The van der Waals surface area contributed by atoms with Crippen LogP contribution in [-0.4, -0.2) is 27.6 Å². The molecule has 0 aliphatic heterocycles. The van der Waals surface area contributed by atoms with E-state index in [1.807, 2.05) is 5.32 Å². The molecule has 9 heteroatoms. The minimum atomic E-state index is -4.65. The highest BCUT2D eigenvalue weighted by molar-refractivity contribution is 5.81. The van der Waals surface area contributed by atoms with Gasteiger partial charge in [0.1, 0.15) is 6.04 Å². The second kappa shape index (κ2) is 5.76. The van der Waals surface area contributed by atoms with Crippen molar-refractivity contribution >= 4 is 11.9 Å². The van der Waals surface area contributed by atoms with Gasteiger partial charge in [0.25, 0.3) is 5.56 Å². The molecule has 1 amide bonds. The molecule has 0 aliphatic rings. The van der Waals surface area contributed by atoms with E-state index in [0.29, 0.717) is 22.9 Å². The summed E-state index contributed by atoms with van der Waals surface area (Å²) < 4.78 is 38.1. The van der Waals surface area contributed by atoms with Crippen LogP contribution in [0.3, 0.4) is 0 Å². The van der Waals surface area contributed by atoms with E-state index in [9.17, 15) is 27.6 Å². The number of halogens is 3. The molecule has 0 saturated carbocycles. The molecule has 1 aromatic rings. The maximum Gasteiger partial charge on any atom is 0.417 e. The number of amides is 1. The zero-order chi connectivity index (χ0) is 15.5. The van der Waals surface area contributed by atoms with Crippen LogP contribution in [0.5, 0.6) is 0 Å². The first-order valence-corrected chi connectivity index (χ1v) is 5.39. The monoisotopic (exact) mass is 292 g/mol. The third-order valence-corrected chi connectivity index (χ3v) is 2.37. The van der Waals surface area contributed by atoms with Crippen LogP contribution in [0.2, 0.25) is 0 Å². The van der Waals surface area contributed by atoms with E-state index in [4.69, 9.17) is 5.11 Å². The Hall–Kier alpha value is -2.32. The molecule has 1 aromatic heterocycles. The summed E-state index contributed by atoms with van der Waals surface area (Å²) in [7, 11) is 0. The number of hydrogen-bond acceptors (Lipinski definition) is 3. The second-order valence-electron chi connectivity index (χ2n) is 4.00. The van der Waals surface area contributed by atoms with Crippen molar-refractivity contribution in [1.82, 2.24) is 9.88 Å². The summed E-state index contributed by atoms with van der Waals surface area (Å²) >= 11 is 0. The Kier molecular flexibility index (Phi) is 4.53. The maximum absolute atomic E-state index is 12.5. The van der Waals surface area contributed by atoms with Crippen LogP contribution in [0.25, 0.3) is 0 Å². The largest absolute Gasteiger partial charge is 0.480 e. The van der Waals surface area contributed by atoms with Gasteiger partial charge in [-0.2, -0.15) is 13.2 Å². The van der Waals surface area contributed by atoms with Crippen LogP contribution in [-0.2, 0) is 22.3 Å².